The first-order valence-corrected chi connectivity index (χ1v) is 7.85. The van der Waals surface area contributed by atoms with E-state index < -0.39 is 17.5 Å². The Kier molecular flexibility index (Phi) is 4.97. The summed E-state index contributed by atoms with van der Waals surface area (Å²) in [5.74, 6) is -1.58. The maximum Gasteiger partial charge on any atom is 0.255 e. The number of carbonyl (C=O) groups excluding carboxylic acids is 1. The smallest absolute Gasteiger partial charge is 0.255 e. The fourth-order valence-corrected chi connectivity index (χ4v) is 2.39. The molecule has 0 saturated heterocycles. The van der Waals surface area contributed by atoms with E-state index in [4.69, 9.17) is 9.26 Å². The van der Waals surface area contributed by atoms with E-state index >= 15 is 0 Å². The lowest BCUT2D eigenvalue weighted by Crippen LogP contribution is -2.13. The van der Waals surface area contributed by atoms with Crippen LogP contribution in [0.5, 0.6) is 5.75 Å². The molecular formula is C19H16F2N2O3. The zero-order valence-electron chi connectivity index (χ0n) is 14.2. The summed E-state index contributed by atoms with van der Waals surface area (Å²) in [4.78, 5) is 12.3. The van der Waals surface area contributed by atoms with E-state index in [9.17, 15) is 13.6 Å². The zero-order valence-corrected chi connectivity index (χ0v) is 14.2. The van der Waals surface area contributed by atoms with E-state index in [1.54, 1.807) is 25.1 Å². The summed E-state index contributed by atoms with van der Waals surface area (Å²) in [5, 5.41) is 6.20. The minimum absolute atomic E-state index is 0.225. The average molecular weight is 358 g/mol. The number of aryl methyl sites for hydroxylation is 2. The van der Waals surface area contributed by atoms with Crippen molar-refractivity contribution >= 4 is 11.6 Å². The molecular weight excluding hydrogens is 342 g/mol. The van der Waals surface area contributed by atoms with Crippen LogP contribution in [0.15, 0.2) is 47.0 Å². The number of nitrogens with one attached hydrogen (secondary N) is 1. The van der Waals surface area contributed by atoms with Gasteiger partial charge in [-0.1, -0.05) is 17.3 Å². The maximum atomic E-state index is 13.7. The van der Waals surface area contributed by atoms with Gasteiger partial charge in [0.15, 0.2) is 11.6 Å². The van der Waals surface area contributed by atoms with E-state index in [0.29, 0.717) is 11.5 Å². The molecule has 0 spiro atoms. The van der Waals surface area contributed by atoms with Crippen molar-refractivity contribution in [1.82, 2.24) is 5.16 Å². The fraction of sp³-hybridized carbons (Fsp3) is 0.158. The van der Waals surface area contributed by atoms with Crippen LogP contribution < -0.4 is 10.1 Å². The van der Waals surface area contributed by atoms with Crippen LogP contribution >= 0.6 is 0 Å². The van der Waals surface area contributed by atoms with Crippen LogP contribution in [0.2, 0.25) is 0 Å². The first-order valence-electron chi connectivity index (χ1n) is 7.85. The lowest BCUT2D eigenvalue weighted by atomic mass is 10.2. The summed E-state index contributed by atoms with van der Waals surface area (Å²) in [6.07, 6.45) is 0. The van der Waals surface area contributed by atoms with Crippen molar-refractivity contribution in [2.75, 3.05) is 5.32 Å². The second kappa shape index (κ2) is 7.35. The summed E-state index contributed by atoms with van der Waals surface area (Å²) >= 11 is 0. The van der Waals surface area contributed by atoms with Crippen LogP contribution in [0.25, 0.3) is 0 Å². The van der Waals surface area contributed by atoms with Crippen LogP contribution in [0.3, 0.4) is 0 Å². The number of hydrogen-bond donors (Lipinski definition) is 1. The molecule has 0 fully saturated rings. The Hall–Kier alpha value is -3.22. The molecule has 26 heavy (non-hydrogen) atoms. The third-order valence-corrected chi connectivity index (χ3v) is 3.86. The van der Waals surface area contributed by atoms with Gasteiger partial charge in [-0.25, -0.2) is 8.78 Å². The molecule has 0 aliphatic heterocycles. The first kappa shape index (κ1) is 17.6. The zero-order chi connectivity index (χ0) is 18.7. The van der Waals surface area contributed by atoms with Gasteiger partial charge in [0, 0.05) is 5.56 Å². The molecule has 1 amide bonds. The molecule has 0 saturated carbocycles. The third-order valence-electron chi connectivity index (χ3n) is 3.86. The van der Waals surface area contributed by atoms with Crippen LogP contribution in [0.4, 0.5) is 14.5 Å². The lowest BCUT2D eigenvalue weighted by molar-refractivity contribution is 0.102. The summed E-state index contributed by atoms with van der Waals surface area (Å²) in [6, 6.07) is 9.98. The monoisotopic (exact) mass is 358 g/mol. The lowest BCUT2D eigenvalue weighted by Gasteiger charge is -2.09. The van der Waals surface area contributed by atoms with Crippen molar-refractivity contribution in [2.45, 2.75) is 20.5 Å². The molecule has 0 radical (unpaired) electrons. The summed E-state index contributed by atoms with van der Waals surface area (Å²) in [6.45, 7) is 3.84. The van der Waals surface area contributed by atoms with E-state index in [2.05, 4.69) is 10.5 Å². The number of aromatic nitrogens is 1. The molecule has 0 aliphatic rings. The SMILES string of the molecule is Cc1noc(C)c1COc1cccc(C(=O)Nc2cccc(F)c2F)c1. The van der Waals surface area contributed by atoms with Crippen LogP contribution in [0.1, 0.15) is 27.4 Å². The van der Waals surface area contributed by atoms with Gasteiger partial charge in [0.25, 0.3) is 5.91 Å². The van der Waals surface area contributed by atoms with Gasteiger partial charge in [0.05, 0.1) is 16.9 Å². The first-order chi connectivity index (χ1) is 12.5. The third kappa shape index (κ3) is 3.72. The highest BCUT2D eigenvalue weighted by Gasteiger charge is 2.14. The number of ether oxygens (including phenoxy) is 1. The number of anilines is 1. The van der Waals surface area contributed by atoms with Crippen LogP contribution in [0, 0.1) is 25.5 Å². The van der Waals surface area contributed by atoms with E-state index in [1.165, 1.54) is 18.2 Å². The van der Waals surface area contributed by atoms with E-state index in [1.807, 2.05) is 6.92 Å². The highest BCUT2D eigenvalue weighted by molar-refractivity contribution is 6.04. The van der Waals surface area contributed by atoms with Gasteiger partial charge in [-0.2, -0.15) is 0 Å². The Morgan fingerprint density at radius 1 is 1.19 bits per heavy atom. The number of amides is 1. The summed E-state index contributed by atoms with van der Waals surface area (Å²) < 4.78 is 37.7. The average Bonchev–Trinajstić information content (AvgIpc) is 2.95. The molecule has 0 atom stereocenters. The van der Waals surface area contributed by atoms with Gasteiger partial charge in [-0.15, -0.1) is 0 Å². The Morgan fingerprint density at radius 3 is 2.69 bits per heavy atom. The van der Waals surface area contributed by atoms with Crippen LogP contribution in [-0.4, -0.2) is 11.1 Å². The molecule has 3 rings (SSSR count). The Balaban J connectivity index is 1.72. The van der Waals surface area contributed by atoms with E-state index in [0.717, 1.165) is 17.3 Å². The number of halogens is 2. The normalized spacial score (nSPS) is 10.6. The molecule has 1 heterocycles. The number of rotatable bonds is 5. The van der Waals surface area contributed by atoms with Crippen molar-refractivity contribution in [3.8, 4) is 5.75 Å². The van der Waals surface area contributed by atoms with Gasteiger partial charge < -0.3 is 14.6 Å². The number of carbonyl (C=O) groups is 1. The maximum absolute atomic E-state index is 13.7. The van der Waals surface area contributed by atoms with E-state index in [-0.39, 0.29) is 17.9 Å². The van der Waals surface area contributed by atoms with Crippen molar-refractivity contribution in [2.24, 2.45) is 0 Å². The Bertz CT molecular complexity index is 934. The number of hydrogen-bond acceptors (Lipinski definition) is 4. The number of benzene rings is 2. The highest BCUT2D eigenvalue weighted by atomic mass is 19.2. The molecule has 0 bridgehead atoms. The highest BCUT2D eigenvalue weighted by Crippen LogP contribution is 2.21. The molecule has 5 nitrogen and oxygen atoms in total. The van der Waals surface area contributed by atoms with Crippen molar-refractivity contribution < 1.29 is 22.8 Å². The second-order valence-corrected chi connectivity index (χ2v) is 5.67. The second-order valence-electron chi connectivity index (χ2n) is 5.67. The van der Waals surface area contributed by atoms with Crippen LogP contribution in [-0.2, 0) is 6.61 Å². The van der Waals surface area contributed by atoms with Crippen molar-refractivity contribution in [3.05, 3.63) is 76.7 Å². The Labute approximate surface area is 148 Å². The van der Waals surface area contributed by atoms with Gasteiger partial charge >= 0.3 is 0 Å². The topological polar surface area (TPSA) is 64.4 Å². The van der Waals surface area contributed by atoms with Gasteiger partial charge in [-0.3, -0.25) is 4.79 Å². The standard InChI is InChI=1S/C19H16F2N2O3/c1-11-15(12(2)26-23-11)10-25-14-6-3-5-13(9-14)19(24)22-17-8-4-7-16(20)18(17)21/h3-9H,10H2,1-2H3,(H,22,24). The minimum Gasteiger partial charge on any atom is -0.489 e. The quantitative estimate of drug-likeness (QED) is 0.734. The molecule has 3 aromatic rings. The largest absolute Gasteiger partial charge is 0.489 e. The Morgan fingerprint density at radius 2 is 1.96 bits per heavy atom. The van der Waals surface area contributed by atoms with Crippen molar-refractivity contribution in [3.63, 3.8) is 0 Å². The number of nitrogens with zero attached hydrogens (tertiary/aromatic N) is 1. The predicted molar refractivity (Wildman–Crippen MR) is 91.1 cm³/mol. The summed E-state index contributed by atoms with van der Waals surface area (Å²) in [5.41, 5.74) is 1.60. The molecule has 2 aromatic carbocycles. The minimum atomic E-state index is -1.10. The molecule has 0 aliphatic carbocycles. The molecule has 134 valence electrons. The van der Waals surface area contributed by atoms with Gasteiger partial charge in [-0.05, 0) is 44.2 Å². The van der Waals surface area contributed by atoms with Gasteiger partial charge in [0.2, 0.25) is 0 Å². The molecule has 7 heteroatoms. The fourth-order valence-electron chi connectivity index (χ4n) is 2.39. The van der Waals surface area contributed by atoms with Gasteiger partial charge in [0.1, 0.15) is 18.1 Å². The summed E-state index contributed by atoms with van der Waals surface area (Å²) in [7, 11) is 0. The predicted octanol–water partition coefficient (Wildman–Crippen LogP) is 4.40. The molecule has 1 N–H and O–H groups in total. The molecule has 1 aromatic heterocycles. The van der Waals surface area contributed by atoms with Crippen molar-refractivity contribution in [1.29, 1.82) is 0 Å². The molecule has 0 unspecified atom stereocenters.